The molecule has 2 amide bonds. The third-order valence-electron chi connectivity index (χ3n) is 3.72. The zero-order chi connectivity index (χ0) is 15.0. The second-order valence-corrected chi connectivity index (χ2v) is 5.33. The number of amides is 2. The van der Waals surface area contributed by atoms with Crippen LogP contribution in [-0.2, 0) is 4.79 Å². The minimum atomic E-state index is -0.874. The van der Waals surface area contributed by atoms with Crippen LogP contribution in [0, 0.1) is 0 Å². The fraction of sp³-hybridized carbons (Fsp3) is 0.857. The lowest BCUT2D eigenvalue weighted by Crippen LogP contribution is -2.52. The van der Waals surface area contributed by atoms with Gasteiger partial charge in [0, 0.05) is 18.6 Å². The lowest BCUT2D eigenvalue weighted by molar-refractivity contribution is -0.137. The summed E-state index contributed by atoms with van der Waals surface area (Å²) in [4.78, 5) is 25.0. The third kappa shape index (κ3) is 5.36. The van der Waals surface area contributed by atoms with Crippen molar-refractivity contribution in [2.24, 2.45) is 0 Å². The van der Waals surface area contributed by atoms with Crippen LogP contribution >= 0.6 is 0 Å². The summed E-state index contributed by atoms with van der Waals surface area (Å²) in [6, 6.07) is -0.147. The van der Waals surface area contributed by atoms with Gasteiger partial charge in [0.2, 0.25) is 0 Å². The highest BCUT2D eigenvalue weighted by Crippen LogP contribution is 2.13. The summed E-state index contributed by atoms with van der Waals surface area (Å²) >= 11 is 0. The molecule has 116 valence electrons. The number of nitrogens with zero attached hydrogens (tertiary/aromatic N) is 1. The lowest BCUT2D eigenvalue weighted by atomic mass is 10.0. The second-order valence-electron chi connectivity index (χ2n) is 5.33. The topological polar surface area (TPSA) is 81.7 Å². The van der Waals surface area contributed by atoms with Crippen LogP contribution in [0.5, 0.6) is 0 Å². The van der Waals surface area contributed by atoms with Crippen LogP contribution in [-0.4, -0.2) is 53.7 Å². The van der Waals surface area contributed by atoms with E-state index in [1.54, 1.807) is 0 Å². The minimum absolute atomic E-state index is 0.0194. The molecule has 1 unspecified atom stereocenters. The first-order valence-electron chi connectivity index (χ1n) is 7.58. The Hall–Kier alpha value is -1.30. The van der Waals surface area contributed by atoms with Crippen molar-refractivity contribution in [2.75, 3.05) is 19.6 Å². The highest BCUT2D eigenvalue weighted by atomic mass is 16.4. The van der Waals surface area contributed by atoms with Crippen LogP contribution in [0.2, 0.25) is 0 Å². The Morgan fingerprint density at radius 2 is 2.00 bits per heavy atom. The molecule has 1 aliphatic rings. The van der Waals surface area contributed by atoms with Gasteiger partial charge in [-0.1, -0.05) is 13.8 Å². The van der Waals surface area contributed by atoms with E-state index in [-0.39, 0.29) is 24.5 Å². The highest BCUT2D eigenvalue weighted by molar-refractivity contribution is 5.76. The SMILES string of the molecule is CCCN(C(=O)NC(CC)CC(=O)O)C1CCNCC1. The fourth-order valence-corrected chi connectivity index (χ4v) is 2.57. The monoisotopic (exact) mass is 285 g/mol. The Bertz CT molecular complexity index is 317. The van der Waals surface area contributed by atoms with Crippen molar-refractivity contribution < 1.29 is 14.7 Å². The summed E-state index contributed by atoms with van der Waals surface area (Å²) in [7, 11) is 0. The zero-order valence-corrected chi connectivity index (χ0v) is 12.5. The van der Waals surface area contributed by atoms with Gasteiger partial charge in [-0.15, -0.1) is 0 Å². The average molecular weight is 285 g/mol. The van der Waals surface area contributed by atoms with E-state index in [0.29, 0.717) is 6.42 Å². The van der Waals surface area contributed by atoms with Gasteiger partial charge in [-0.25, -0.2) is 4.79 Å². The van der Waals surface area contributed by atoms with Gasteiger partial charge in [0.05, 0.1) is 6.42 Å². The number of aliphatic carboxylic acids is 1. The number of piperidine rings is 1. The standard InChI is InChI=1S/C14H27N3O3/c1-3-9-17(12-5-7-15-8-6-12)14(20)16-11(4-2)10-13(18)19/h11-12,15H,3-10H2,1-2H3,(H,16,20)(H,18,19). The molecule has 1 aliphatic heterocycles. The van der Waals surface area contributed by atoms with Crippen molar-refractivity contribution in [3.05, 3.63) is 0 Å². The van der Waals surface area contributed by atoms with Gasteiger partial charge in [0.25, 0.3) is 0 Å². The molecule has 1 fully saturated rings. The molecule has 0 aromatic heterocycles. The summed E-state index contributed by atoms with van der Waals surface area (Å²) < 4.78 is 0. The van der Waals surface area contributed by atoms with Crippen molar-refractivity contribution in [2.45, 2.75) is 58.0 Å². The third-order valence-corrected chi connectivity index (χ3v) is 3.72. The van der Waals surface area contributed by atoms with Gasteiger partial charge in [0.15, 0.2) is 0 Å². The number of carboxylic acid groups (broad SMARTS) is 1. The Kier molecular flexibility index (Phi) is 7.36. The van der Waals surface area contributed by atoms with Gasteiger partial charge in [0.1, 0.15) is 0 Å². The molecular weight excluding hydrogens is 258 g/mol. The number of carboxylic acids is 1. The molecule has 1 heterocycles. The molecule has 1 atom stereocenters. The average Bonchev–Trinajstić information content (AvgIpc) is 2.44. The maximum Gasteiger partial charge on any atom is 0.317 e. The van der Waals surface area contributed by atoms with Gasteiger partial charge < -0.3 is 20.6 Å². The molecule has 3 N–H and O–H groups in total. The molecule has 0 spiro atoms. The van der Waals surface area contributed by atoms with Gasteiger partial charge in [-0.2, -0.15) is 0 Å². The lowest BCUT2D eigenvalue weighted by Gasteiger charge is -2.35. The van der Waals surface area contributed by atoms with Crippen LogP contribution in [0.3, 0.4) is 0 Å². The molecule has 0 aromatic rings. The van der Waals surface area contributed by atoms with Crippen LogP contribution in [0.25, 0.3) is 0 Å². The Balaban J connectivity index is 2.59. The normalized spacial score (nSPS) is 17.5. The quantitative estimate of drug-likeness (QED) is 0.660. The maximum atomic E-state index is 12.4. The molecule has 0 radical (unpaired) electrons. The molecule has 20 heavy (non-hydrogen) atoms. The predicted octanol–water partition coefficient (Wildman–Crippen LogP) is 1.41. The summed E-state index contributed by atoms with van der Waals surface area (Å²) in [5.74, 6) is -0.874. The van der Waals surface area contributed by atoms with Crippen LogP contribution < -0.4 is 10.6 Å². The van der Waals surface area contributed by atoms with Crippen LogP contribution in [0.1, 0.15) is 46.0 Å². The van der Waals surface area contributed by atoms with E-state index in [2.05, 4.69) is 17.6 Å². The first kappa shape index (κ1) is 16.8. The van der Waals surface area contributed by atoms with Crippen LogP contribution in [0.15, 0.2) is 0 Å². The van der Waals surface area contributed by atoms with E-state index in [0.717, 1.165) is 38.9 Å². The molecular formula is C14H27N3O3. The zero-order valence-electron chi connectivity index (χ0n) is 12.5. The molecule has 6 heteroatoms. The van der Waals surface area contributed by atoms with E-state index >= 15 is 0 Å². The van der Waals surface area contributed by atoms with E-state index < -0.39 is 5.97 Å². The van der Waals surface area contributed by atoms with Gasteiger partial charge in [-0.05, 0) is 38.8 Å². The first-order chi connectivity index (χ1) is 9.58. The van der Waals surface area contributed by atoms with Crippen molar-refractivity contribution >= 4 is 12.0 Å². The Labute approximate surface area is 120 Å². The van der Waals surface area contributed by atoms with Crippen molar-refractivity contribution in [3.63, 3.8) is 0 Å². The van der Waals surface area contributed by atoms with Gasteiger partial charge >= 0.3 is 12.0 Å². The summed E-state index contributed by atoms with van der Waals surface area (Å²) in [6.07, 6.45) is 3.44. The van der Waals surface area contributed by atoms with E-state index in [9.17, 15) is 9.59 Å². The first-order valence-corrected chi connectivity index (χ1v) is 7.58. The highest BCUT2D eigenvalue weighted by Gasteiger charge is 2.26. The number of hydrogen-bond acceptors (Lipinski definition) is 3. The summed E-state index contributed by atoms with van der Waals surface area (Å²) in [5, 5.41) is 15.0. The number of urea groups is 1. The Morgan fingerprint density at radius 3 is 2.50 bits per heavy atom. The molecule has 0 aliphatic carbocycles. The van der Waals surface area contributed by atoms with Gasteiger partial charge in [-0.3, -0.25) is 4.79 Å². The van der Waals surface area contributed by atoms with Crippen LogP contribution in [0.4, 0.5) is 4.79 Å². The smallest absolute Gasteiger partial charge is 0.317 e. The van der Waals surface area contributed by atoms with E-state index in [1.807, 2.05) is 11.8 Å². The maximum absolute atomic E-state index is 12.4. The van der Waals surface area contributed by atoms with Crippen molar-refractivity contribution in [3.8, 4) is 0 Å². The number of carbonyl (C=O) groups is 2. The number of rotatable bonds is 7. The van der Waals surface area contributed by atoms with Crippen molar-refractivity contribution in [1.29, 1.82) is 0 Å². The molecule has 1 rings (SSSR count). The van der Waals surface area contributed by atoms with E-state index in [1.165, 1.54) is 0 Å². The summed E-state index contributed by atoms with van der Waals surface area (Å²) in [5.41, 5.74) is 0. The second kappa shape index (κ2) is 8.79. The predicted molar refractivity (Wildman–Crippen MR) is 77.8 cm³/mol. The molecule has 0 saturated carbocycles. The number of hydrogen-bond donors (Lipinski definition) is 3. The minimum Gasteiger partial charge on any atom is -0.481 e. The Morgan fingerprint density at radius 1 is 1.35 bits per heavy atom. The molecule has 6 nitrogen and oxygen atoms in total. The van der Waals surface area contributed by atoms with Crippen molar-refractivity contribution in [1.82, 2.24) is 15.5 Å². The molecule has 0 aromatic carbocycles. The largest absolute Gasteiger partial charge is 0.481 e. The number of nitrogens with one attached hydrogen (secondary N) is 2. The number of carbonyl (C=O) groups excluding carboxylic acids is 1. The fourth-order valence-electron chi connectivity index (χ4n) is 2.57. The van der Waals surface area contributed by atoms with E-state index in [4.69, 9.17) is 5.11 Å². The summed E-state index contributed by atoms with van der Waals surface area (Å²) in [6.45, 7) is 6.54. The molecule has 0 bridgehead atoms. The molecule has 1 saturated heterocycles.